The molecule has 0 spiro atoms. The molecule has 0 saturated heterocycles. The summed E-state index contributed by atoms with van der Waals surface area (Å²) in [6, 6.07) is 10.0. The fourth-order valence-electron chi connectivity index (χ4n) is 1.50. The van der Waals surface area contributed by atoms with Crippen molar-refractivity contribution in [1.82, 2.24) is 14.8 Å². The molecule has 0 N–H and O–H groups in total. The molecule has 1 aromatic heterocycles. The average molecular weight is 252 g/mol. The molecular weight excluding hydrogens is 238 g/mol. The molecule has 1 aromatic carbocycles. The first-order chi connectivity index (χ1) is 7.84. The van der Waals surface area contributed by atoms with Crippen molar-refractivity contribution in [3.63, 3.8) is 0 Å². The van der Waals surface area contributed by atoms with Crippen LogP contribution in [0.25, 0.3) is 0 Å². The van der Waals surface area contributed by atoms with E-state index < -0.39 is 0 Å². The molecule has 17 heavy (non-hydrogen) atoms. The smallest absolute Gasteiger partial charge is 0.154 e. The lowest BCUT2D eigenvalue weighted by Gasteiger charge is -2.01. The number of benzene rings is 1. The van der Waals surface area contributed by atoms with Gasteiger partial charge in [0.2, 0.25) is 0 Å². The van der Waals surface area contributed by atoms with Crippen LogP contribution in [0.5, 0.6) is 0 Å². The van der Waals surface area contributed by atoms with Gasteiger partial charge in [-0.15, -0.1) is 12.4 Å². The van der Waals surface area contributed by atoms with Crippen LogP contribution >= 0.6 is 12.4 Å². The molecule has 2 rings (SSSR count). The van der Waals surface area contributed by atoms with Gasteiger partial charge in [-0.25, -0.2) is 9.67 Å². The van der Waals surface area contributed by atoms with Crippen molar-refractivity contribution in [2.75, 3.05) is 0 Å². The topological polar surface area (TPSA) is 47.8 Å². The second-order valence-corrected chi connectivity index (χ2v) is 3.62. The van der Waals surface area contributed by atoms with Crippen molar-refractivity contribution in [3.8, 4) is 0 Å². The fourth-order valence-corrected chi connectivity index (χ4v) is 1.50. The van der Waals surface area contributed by atoms with Crippen LogP contribution < -0.4 is 0 Å². The van der Waals surface area contributed by atoms with Crippen LogP contribution in [0.1, 0.15) is 12.0 Å². The number of hydrogen-bond acceptors (Lipinski definition) is 3. The first-order valence-corrected chi connectivity index (χ1v) is 5.22. The Morgan fingerprint density at radius 1 is 1.24 bits per heavy atom. The van der Waals surface area contributed by atoms with Crippen LogP contribution in [0.4, 0.5) is 0 Å². The highest BCUT2D eigenvalue weighted by molar-refractivity contribution is 5.85. The highest BCUT2D eigenvalue weighted by Gasteiger charge is 2.03. The van der Waals surface area contributed by atoms with Crippen LogP contribution in [0, 0.1) is 0 Å². The fraction of sp³-hybridized carbons (Fsp3) is 0.250. The molecule has 1 heterocycles. The number of ketones is 1. The maximum atomic E-state index is 11.6. The Bertz CT molecular complexity index is 442. The first kappa shape index (κ1) is 13.4. The third-order valence-corrected chi connectivity index (χ3v) is 2.34. The van der Waals surface area contributed by atoms with Crippen molar-refractivity contribution >= 4 is 18.2 Å². The summed E-state index contributed by atoms with van der Waals surface area (Å²) in [6.07, 6.45) is 4.32. The van der Waals surface area contributed by atoms with Crippen LogP contribution in [-0.2, 0) is 17.8 Å². The van der Waals surface area contributed by atoms with E-state index in [1.54, 1.807) is 11.0 Å². The molecule has 0 atom stereocenters. The third kappa shape index (κ3) is 4.36. The van der Waals surface area contributed by atoms with Crippen molar-refractivity contribution in [1.29, 1.82) is 0 Å². The van der Waals surface area contributed by atoms with Crippen LogP contribution in [0.15, 0.2) is 43.0 Å². The second-order valence-electron chi connectivity index (χ2n) is 3.62. The molecule has 0 aliphatic carbocycles. The standard InChI is InChI=1S/C12H13N3O.ClH/c16-12(8-15-10-13-9-14-15)7-6-11-4-2-1-3-5-11;/h1-5,9-10H,6-8H2;1H. The lowest BCUT2D eigenvalue weighted by molar-refractivity contribution is -0.119. The minimum atomic E-state index is 0. The zero-order valence-corrected chi connectivity index (χ0v) is 10.1. The summed E-state index contributed by atoms with van der Waals surface area (Å²) >= 11 is 0. The van der Waals surface area contributed by atoms with Crippen LogP contribution in [0.3, 0.4) is 0 Å². The van der Waals surface area contributed by atoms with E-state index in [2.05, 4.69) is 10.1 Å². The maximum Gasteiger partial charge on any atom is 0.154 e. The second kappa shape index (κ2) is 6.81. The van der Waals surface area contributed by atoms with E-state index in [9.17, 15) is 4.79 Å². The number of hydrogen-bond donors (Lipinski definition) is 0. The Balaban J connectivity index is 0.00000144. The Morgan fingerprint density at radius 2 is 2.00 bits per heavy atom. The van der Waals surface area contributed by atoms with E-state index in [1.165, 1.54) is 11.9 Å². The van der Waals surface area contributed by atoms with Gasteiger partial charge in [0, 0.05) is 6.42 Å². The largest absolute Gasteiger partial charge is 0.298 e. The summed E-state index contributed by atoms with van der Waals surface area (Å²) in [6.45, 7) is 0.312. The molecular formula is C12H14ClN3O. The van der Waals surface area contributed by atoms with Gasteiger partial charge in [-0.05, 0) is 12.0 Å². The van der Waals surface area contributed by atoms with Gasteiger partial charge in [0.1, 0.15) is 19.2 Å². The number of carbonyl (C=O) groups is 1. The first-order valence-electron chi connectivity index (χ1n) is 5.22. The van der Waals surface area contributed by atoms with Crippen molar-refractivity contribution in [2.45, 2.75) is 19.4 Å². The van der Waals surface area contributed by atoms with E-state index in [4.69, 9.17) is 0 Å². The minimum Gasteiger partial charge on any atom is -0.298 e. The van der Waals surface area contributed by atoms with Gasteiger partial charge in [0.25, 0.3) is 0 Å². The molecule has 2 aromatic rings. The third-order valence-electron chi connectivity index (χ3n) is 2.34. The zero-order chi connectivity index (χ0) is 11.2. The molecule has 0 aliphatic heterocycles. The number of aromatic nitrogens is 3. The molecule has 0 saturated carbocycles. The number of halogens is 1. The normalized spacial score (nSPS) is 9.65. The molecule has 0 aliphatic rings. The Hall–Kier alpha value is -1.68. The quantitative estimate of drug-likeness (QED) is 0.816. The van der Waals surface area contributed by atoms with Gasteiger partial charge in [0.05, 0.1) is 0 Å². The van der Waals surface area contributed by atoms with Gasteiger partial charge in [-0.3, -0.25) is 4.79 Å². The Kier molecular flexibility index (Phi) is 5.36. The van der Waals surface area contributed by atoms with Gasteiger partial charge in [-0.2, -0.15) is 5.10 Å². The van der Waals surface area contributed by atoms with Gasteiger partial charge < -0.3 is 0 Å². The predicted octanol–water partition coefficient (Wildman–Crippen LogP) is 1.90. The number of carbonyl (C=O) groups excluding carboxylic acids is 1. The summed E-state index contributed by atoms with van der Waals surface area (Å²) in [4.78, 5) is 15.4. The minimum absolute atomic E-state index is 0. The number of aryl methyl sites for hydroxylation is 1. The van der Waals surface area contributed by atoms with Crippen molar-refractivity contribution in [2.24, 2.45) is 0 Å². The number of rotatable bonds is 5. The van der Waals surface area contributed by atoms with Crippen molar-refractivity contribution in [3.05, 3.63) is 48.5 Å². The highest BCUT2D eigenvalue weighted by atomic mass is 35.5. The van der Waals surface area contributed by atoms with Gasteiger partial charge in [-0.1, -0.05) is 30.3 Å². The van der Waals surface area contributed by atoms with E-state index in [0.717, 1.165) is 6.42 Å². The molecule has 90 valence electrons. The molecule has 5 heteroatoms. The predicted molar refractivity (Wildman–Crippen MR) is 67.0 cm³/mol. The number of Topliss-reactive ketones (excluding diaryl/α,β-unsaturated/α-hetero) is 1. The average Bonchev–Trinajstić information content (AvgIpc) is 2.81. The summed E-state index contributed by atoms with van der Waals surface area (Å²) in [5.41, 5.74) is 1.19. The van der Waals surface area contributed by atoms with Crippen LogP contribution in [-0.4, -0.2) is 20.5 Å². The van der Waals surface area contributed by atoms with Gasteiger partial charge >= 0.3 is 0 Å². The van der Waals surface area contributed by atoms with E-state index in [0.29, 0.717) is 13.0 Å². The Labute approximate surface area is 106 Å². The monoisotopic (exact) mass is 251 g/mol. The molecule has 0 amide bonds. The van der Waals surface area contributed by atoms with Crippen molar-refractivity contribution < 1.29 is 4.79 Å². The lowest BCUT2D eigenvalue weighted by atomic mass is 10.1. The molecule has 0 radical (unpaired) electrons. The van der Waals surface area contributed by atoms with Crippen LogP contribution in [0.2, 0.25) is 0 Å². The number of nitrogens with zero attached hydrogens (tertiary/aromatic N) is 3. The SMILES string of the molecule is Cl.O=C(CCc1ccccc1)Cn1cncn1. The summed E-state index contributed by atoms with van der Waals surface area (Å²) < 4.78 is 1.55. The summed E-state index contributed by atoms with van der Waals surface area (Å²) in [5.74, 6) is 0.175. The lowest BCUT2D eigenvalue weighted by Crippen LogP contribution is -2.11. The van der Waals surface area contributed by atoms with E-state index in [1.807, 2.05) is 30.3 Å². The van der Waals surface area contributed by atoms with E-state index in [-0.39, 0.29) is 18.2 Å². The van der Waals surface area contributed by atoms with Gasteiger partial charge in [0.15, 0.2) is 5.78 Å². The Morgan fingerprint density at radius 3 is 2.65 bits per heavy atom. The molecule has 0 bridgehead atoms. The van der Waals surface area contributed by atoms with E-state index >= 15 is 0 Å². The summed E-state index contributed by atoms with van der Waals surface area (Å²) in [5, 5.41) is 3.90. The zero-order valence-electron chi connectivity index (χ0n) is 9.32. The highest BCUT2D eigenvalue weighted by Crippen LogP contribution is 2.03. The molecule has 4 nitrogen and oxygen atoms in total. The summed E-state index contributed by atoms with van der Waals surface area (Å²) in [7, 11) is 0. The maximum absolute atomic E-state index is 11.6. The molecule has 0 fully saturated rings. The molecule has 0 unspecified atom stereocenters.